The highest BCUT2D eigenvalue weighted by Crippen LogP contribution is 2.30. The number of hydrogen-bond donors (Lipinski definition) is 2. The van der Waals surface area contributed by atoms with Crippen LogP contribution in [0.15, 0.2) is 51.4 Å². The number of rotatable bonds is 5. The van der Waals surface area contributed by atoms with Crippen LogP contribution in [-0.2, 0) is 0 Å². The molecule has 0 radical (unpaired) electrons. The van der Waals surface area contributed by atoms with Crippen LogP contribution in [0.5, 0.6) is 5.75 Å². The molecular formula is C16H13BrN4O2S. The Bertz CT molecular complexity index is 870. The summed E-state index contributed by atoms with van der Waals surface area (Å²) < 4.78 is 6.10. The molecule has 0 saturated carbocycles. The largest absolute Gasteiger partial charge is 0.497 e. The molecule has 0 bridgehead atoms. The molecule has 0 atom stereocenters. The normalized spacial score (nSPS) is 10.9. The van der Waals surface area contributed by atoms with Gasteiger partial charge in [0.2, 0.25) is 0 Å². The number of H-pyrrole nitrogens is 1. The first-order valence-corrected chi connectivity index (χ1v) is 8.55. The molecule has 0 spiro atoms. The van der Waals surface area contributed by atoms with Crippen LogP contribution in [0.2, 0.25) is 0 Å². The third-order valence-corrected chi connectivity index (χ3v) is 4.80. The van der Waals surface area contributed by atoms with Gasteiger partial charge in [0, 0.05) is 0 Å². The van der Waals surface area contributed by atoms with Gasteiger partial charge in [-0.15, -0.1) is 11.3 Å². The van der Waals surface area contributed by atoms with E-state index in [9.17, 15) is 4.79 Å². The SMILES string of the molecule is COc1ccc(/C=N\NC(=O)c2cc(-c3ccc(Br)s3)[nH]n2)cc1. The minimum atomic E-state index is -0.377. The predicted octanol–water partition coefficient (Wildman–Crippen LogP) is 3.67. The number of amides is 1. The summed E-state index contributed by atoms with van der Waals surface area (Å²) in [6, 6.07) is 12.9. The number of aromatic nitrogens is 2. The summed E-state index contributed by atoms with van der Waals surface area (Å²) >= 11 is 4.97. The molecule has 122 valence electrons. The van der Waals surface area contributed by atoms with Gasteiger partial charge in [0.1, 0.15) is 5.75 Å². The van der Waals surface area contributed by atoms with Crippen molar-refractivity contribution in [3.63, 3.8) is 0 Å². The fraction of sp³-hybridized carbons (Fsp3) is 0.0625. The molecule has 0 fully saturated rings. The van der Waals surface area contributed by atoms with Gasteiger partial charge in [-0.3, -0.25) is 9.89 Å². The van der Waals surface area contributed by atoms with Crippen LogP contribution in [-0.4, -0.2) is 29.4 Å². The topological polar surface area (TPSA) is 79.4 Å². The highest BCUT2D eigenvalue weighted by Gasteiger charge is 2.11. The highest BCUT2D eigenvalue weighted by atomic mass is 79.9. The second-order valence-electron chi connectivity index (χ2n) is 4.74. The maximum Gasteiger partial charge on any atom is 0.291 e. The number of ether oxygens (including phenoxy) is 1. The van der Waals surface area contributed by atoms with Gasteiger partial charge in [0.05, 0.1) is 27.7 Å². The smallest absolute Gasteiger partial charge is 0.291 e. The van der Waals surface area contributed by atoms with E-state index in [0.717, 1.165) is 25.7 Å². The number of nitrogens with zero attached hydrogens (tertiary/aromatic N) is 2. The standard InChI is InChI=1S/C16H13BrN4O2S/c1-23-11-4-2-10(3-5-11)9-18-21-16(22)13-8-12(19-20-13)14-6-7-15(17)24-14/h2-9H,1H3,(H,19,20)(H,21,22)/b18-9-. The molecule has 3 rings (SSSR count). The molecule has 24 heavy (non-hydrogen) atoms. The molecule has 1 aromatic carbocycles. The molecule has 3 aromatic rings. The Morgan fingerprint density at radius 3 is 2.79 bits per heavy atom. The summed E-state index contributed by atoms with van der Waals surface area (Å²) in [6.45, 7) is 0. The second-order valence-corrected chi connectivity index (χ2v) is 7.21. The van der Waals surface area contributed by atoms with E-state index >= 15 is 0 Å². The summed E-state index contributed by atoms with van der Waals surface area (Å²) in [5.41, 5.74) is 4.37. The van der Waals surface area contributed by atoms with Crippen molar-refractivity contribution in [3.8, 4) is 16.3 Å². The van der Waals surface area contributed by atoms with Crippen molar-refractivity contribution < 1.29 is 9.53 Å². The Kier molecular flexibility index (Phi) is 5.07. The Hall–Kier alpha value is -2.45. The molecule has 2 aromatic heterocycles. The first-order valence-electron chi connectivity index (χ1n) is 6.94. The van der Waals surface area contributed by atoms with Crippen LogP contribution in [0, 0.1) is 0 Å². The van der Waals surface area contributed by atoms with Crippen molar-refractivity contribution in [2.45, 2.75) is 0 Å². The first-order chi connectivity index (χ1) is 11.7. The van der Waals surface area contributed by atoms with E-state index in [1.165, 1.54) is 0 Å². The Morgan fingerprint density at radius 2 is 2.12 bits per heavy atom. The molecule has 0 unspecified atom stereocenters. The molecule has 0 aliphatic carbocycles. The number of aromatic amines is 1. The molecule has 1 amide bonds. The average Bonchev–Trinajstić information content (AvgIpc) is 3.24. The van der Waals surface area contributed by atoms with Gasteiger partial charge in [0.25, 0.3) is 5.91 Å². The third-order valence-electron chi connectivity index (χ3n) is 3.14. The zero-order chi connectivity index (χ0) is 16.9. The number of carbonyl (C=O) groups is 1. The number of benzene rings is 1. The van der Waals surface area contributed by atoms with E-state index in [2.05, 4.69) is 36.7 Å². The second kappa shape index (κ2) is 7.41. The van der Waals surface area contributed by atoms with Gasteiger partial charge in [-0.1, -0.05) is 0 Å². The van der Waals surface area contributed by atoms with E-state index in [1.807, 2.05) is 36.4 Å². The van der Waals surface area contributed by atoms with Crippen molar-refractivity contribution in [1.82, 2.24) is 15.6 Å². The maximum atomic E-state index is 12.1. The van der Waals surface area contributed by atoms with E-state index in [4.69, 9.17) is 4.74 Å². The fourth-order valence-electron chi connectivity index (χ4n) is 1.94. The van der Waals surface area contributed by atoms with Gasteiger partial charge < -0.3 is 4.74 Å². The van der Waals surface area contributed by atoms with Gasteiger partial charge in [-0.2, -0.15) is 10.2 Å². The van der Waals surface area contributed by atoms with Crippen LogP contribution in [0.1, 0.15) is 16.1 Å². The van der Waals surface area contributed by atoms with Gasteiger partial charge >= 0.3 is 0 Å². The lowest BCUT2D eigenvalue weighted by Crippen LogP contribution is -2.17. The number of hydrogen-bond acceptors (Lipinski definition) is 5. The highest BCUT2D eigenvalue weighted by molar-refractivity contribution is 9.11. The van der Waals surface area contributed by atoms with Crippen molar-refractivity contribution in [1.29, 1.82) is 0 Å². The van der Waals surface area contributed by atoms with Crippen LogP contribution in [0.3, 0.4) is 0 Å². The summed E-state index contributed by atoms with van der Waals surface area (Å²) in [5, 5.41) is 10.8. The summed E-state index contributed by atoms with van der Waals surface area (Å²) in [5.74, 6) is 0.387. The van der Waals surface area contributed by atoms with E-state index < -0.39 is 0 Å². The summed E-state index contributed by atoms with van der Waals surface area (Å²) in [7, 11) is 1.61. The van der Waals surface area contributed by atoms with Crippen molar-refractivity contribution >= 4 is 39.4 Å². The van der Waals surface area contributed by atoms with Crippen LogP contribution in [0.4, 0.5) is 0 Å². The lowest BCUT2D eigenvalue weighted by molar-refractivity contribution is 0.0950. The molecule has 0 saturated heterocycles. The number of hydrazone groups is 1. The van der Waals surface area contributed by atoms with Crippen LogP contribution >= 0.6 is 27.3 Å². The number of nitrogens with one attached hydrogen (secondary N) is 2. The zero-order valence-electron chi connectivity index (χ0n) is 12.6. The average molecular weight is 405 g/mol. The third kappa shape index (κ3) is 3.90. The fourth-order valence-corrected chi connectivity index (χ4v) is 3.29. The van der Waals surface area contributed by atoms with E-state index in [0.29, 0.717) is 0 Å². The van der Waals surface area contributed by atoms with Crippen molar-refractivity contribution in [2.24, 2.45) is 5.10 Å². The number of methoxy groups -OCH3 is 1. The lowest BCUT2D eigenvalue weighted by atomic mass is 10.2. The lowest BCUT2D eigenvalue weighted by Gasteiger charge is -1.99. The minimum absolute atomic E-state index is 0.279. The summed E-state index contributed by atoms with van der Waals surface area (Å²) in [6.07, 6.45) is 1.56. The number of thiophene rings is 1. The molecule has 2 heterocycles. The Labute approximate surface area is 150 Å². The first kappa shape index (κ1) is 16.4. The van der Waals surface area contributed by atoms with Crippen molar-refractivity contribution in [3.05, 3.63) is 57.5 Å². The Balaban J connectivity index is 1.62. The minimum Gasteiger partial charge on any atom is -0.497 e. The molecule has 0 aliphatic heterocycles. The van der Waals surface area contributed by atoms with E-state index in [1.54, 1.807) is 30.7 Å². The molecule has 6 nitrogen and oxygen atoms in total. The van der Waals surface area contributed by atoms with E-state index in [-0.39, 0.29) is 11.6 Å². The zero-order valence-corrected chi connectivity index (χ0v) is 15.0. The molecule has 0 aliphatic rings. The predicted molar refractivity (Wildman–Crippen MR) is 97.7 cm³/mol. The monoisotopic (exact) mass is 404 g/mol. The molecular weight excluding hydrogens is 392 g/mol. The molecule has 8 heteroatoms. The van der Waals surface area contributed by atoms with Gasteiger partial charge in [-0.25, -0.2) is 5.43 Å². The van der Waals surface area contributed by atoms with Crippen LogP contribution < -0.4 is 10.2 Å². The number of carbonyl (C=O) groups excluding carboxylic acids is 1. The quantitative estimate of drug-likeness (QED) is 0.502. The van der Waals surface area contributed by atoms with Gasteiger partial charge in [-0.05, 0) is 64.0 Å². The van der Waals surface area contributed by atoms with Crippen molar-refractivity contribution in [2.75, 3.05) is 7.11 Å². The Morgan fingerprint density at radius 1 is 1.33 bits per heavy atom. The number of halogens is 1. The summed E-state index contributed by atoms with van der Waals surface area (Å²) in [4.78, 5) is 13.0. The maximum absolute atomic E-state index is 12.1. The van der Waals surface area contributed by atoms with Gasteiger partial charge in [0.15, 0.2) is 5.69 Å². The molecule has 2 N–H and O–H groups in total. The van der Waals surface area contributed by atoms with Crippen LogP contribution in [0.25, 0.3) is 10.6 Å².